The maximum Gasteiger partial charge on any atom is 0.305 e. The first-order valence-corrected chi connectivity index (χ1v) is 21.7. The van der Waals surface area contributed by atoms with E-state index in [1.165, 1.54) is 173 Å². The summed E-state index contributed by atoms with van der Waals surface area (Å²) < 4.78 is 5.16. The highest BCUT2D eigenvalue weighted by molar-refractivity contribution is 5.69. The largest absolute Gasteiger partial charge is 0.481 e. The molecule has 0 saturated heterocycles. The number of carboxylic acids is 1. The first kappa shape index (κ1) is 53.2. The highest BCUT2D eigenvalue weighted by Gasteiger charge is 2.02. The molecule has 0 atom stereocenters. The fourth-order valence-electron chi connectivity index (χ4n) is 5.75. The number of aliphatic carboxylic acids is 1. The van der Waals surface area contributed by atoms with Crippen LogP contribution in [0.2, 0.25) is 0 Å². The van der Waals surface area contributed by atoms with Gasteiger partial charge in [0, 0.05) is 12.8 Å². The lowest BCUT2D eigenvalue weighted by Crippen LogP contribution is -2.15. The average molecular weight is 717 g/mol. The second kappa shape index (κ2) is 49.9. The summed E-state index contributed by atoms with van der Waals surface area (Å²) in [5, 5.41) is 32.5. The second-order valence-corrected chi connectivity index (χ2v) is 14.4. The van der Waals surface area contributed by atoms with E-state index in [9.17, 15) is 9.59 Å². The van der Waals surface area contributed by atoms with Crippen LogP contribution >= 0.6 is 0 Å². The summed E-state index contributed by atoms with van der Waals surface area (Å²) >= 11 is 0. The number of carboxylic acid groups (broad SMARTS) is 1. The molecule has 0 aromatic heterocycles. The Bertz CT molecular complexity index is 624. The summed E-state index contributed by atoms with van der Waals surface area (Å²) in [6.07, 6.45) is 42.3. The van der Waals surface area contributed by atoms with E-state index in [1.807, 2.05) is 0 Å². The molecule has 0 aromatic carbocycles. The van der Waals surface area contributed by atoms with Crippen molar-refractivity contribution in [3.63, 3.8) is 0 Å². The summed E-state index contributed by atoms with van der Waals surface area (Å²) in [6.45, 7) is 6.54. The van der Waals surface area contributed by atoms with E-state index >= 15 is 0 Å². The minimum Gasteiger partial charge on any atom is -0.481 e. The molecule has 50 heavy (non-hydrogen) atoms. The van der Waals surface area contributed by atoms with Crippen molar-refractivity contribution >= 4 is 11.9 Å². The number of unbranched alkanes of at least 4 members (excludes halogenated alkanes) is 29. The fraction of sp³-hybridized carbons (Fsp3) is 0.953. The molecule has 0 spiro atoms. The molecular weight excluding hydrogens is 628 g/mol. The number of ether oxygens (including phenoxy) is 1. The van der Waals surface area contributed by atoms with Gasteiger partial charge in [0.1, 0.15) is 6.10 Å². The van der Waals surface area contributed by atoms with E-state index in [4.69, 9.17) is 25.2 Å². The van der Waals surface area contributed by atoms with Crippen LogP contribution in [-0.2, 0) is 14.3 Å². The van der Waals surface area contributed by atoms with E-state index < -0.39 is 12.1 Å². The van der Waals surface area contributed by atoms with Gasteiger partial charge in [0.25, 0.3) is 0 Å². The van der Waals surface area contributed by atoms with Crippen molar-refractivity contribution in [3.8, 4) is 0 Å². The number of aliphatic hydroxyl groups excluding tert-OH is 3. The molecule has 0 unspecified atom stereocenters. The number of esters is 1. The SMILES string of the molecule is CCCCCCCCCCCCCCCCCC(=O)O.CCCCCCCCCCCCCCCCCC(=O)OCCCC.OCC(O)CO. The van der Waals surface area contributed by atoms with Crippen LogP contribution in [0, 0.1) is 0 Å². The third kappa shape index (κ3) is 56.2. The summed E-state index contributed by atoms with van der Waals surface area (Å²) in [4.78, 5) is 21.8. The number of hydrogen-bond acceptors (Lipinski definition) is 6. The van der Waals surface area contributed by atoms with Gasteiger partial charge >= 0.3 is 11.9 Å². The van der Waals surface area contributed by atoms with E-state index in [0.717, 1.165) is 32.1 Å². The van der Waals surface area contributed by atoms with Crippen LogP contribution in [0.25, 0.3) is 0 Å². The zero-order valence-corrected chi connectivity index (χ0v) is 33.8. The van der Waals surface area contributed by atoms with Crippen LogP contribution in [0.5, 0.6) is 0 Å². The minimum atomic E-state index is -0.954. The predicted octanol–water partition coefficient (Wildman–Crippen LogP) is 12.3. The van der Waals surface area contributed by atoms with Gasteiger partial charge < -0.3 is 25.2 Å². The molecule has 302 valence electrons. The molecule has 0 radical (unpaired) electrons. The molecule has 0 aliphatic carbocycles. The van der Waals surface area contributed by atoms with E-state index in [0.29, 0.717) is 19.4 Å². The Kier molecular flexibility index (Phi) is 53.1. The summed E-state index contributed by atoms with van der Waals surface area (Å²) in [7, 11) is 0. The highest BCUT2D eigenvalue weighted by atomic mass is 16.5. The smallest absolute Gasteiger partial charge is 0.305 e. The topological polar surface area (TPSA) is 124 Å². The predicted molar refractivity (Wildman–Crippen MR) is 213 cm³/mol. The Morgan fingerprint density at radius 3 is 0.920 bits per heavy atom. The van der Waals surface area contributed by atoms with Crippen molar-refractivity contribution in [3.05, 3.63) is 0 Å². The van der Waals surface area contributed by atoms with Crippen molar-refractivity contribution in [2.24, 2.45) is 0 Å². The van der Waals surface area contributed by atoms with Gasteiger partial charge in [-0.2, -0.15) is 0 Å². The van der Waals surface area contributed by atoms with Crippen LogP contribution in [0.1, 0.15) is 239 Å². The maximum atomic E-state index is 11.4. The molecule has 0 fully saturated rings. The maximum absolute atomic E-state index is 11.4. The van der Waals surface area contributed by atoms with Gasteiger partial charge in [-0.15, -0.1) is 0 Å². The number of carbonyl (C=O) groups excluding carboxylic acids is 1. The van der Waals surface area contributed by atoms with Gasteiger partial charge in [-0.3, -0.25) is 9.59 Å². The number of rotatable bonds is 37. The van der Waals surface area contributed by atoms with E-state index in [2.05, 4.69) is 20.8 Å². The molecular formula is C43H88O7. The Hall–Kier alpha value is -1.18. The Balaban J connectivity index is -0.000000767. The third-order valence-corrected chi connectivity index (χ3v) is 9.16. The Morgan fingerprint density at radius 2 is 0.680 bits per heavy atom. The lowest BCUT2D eigenvalue weighted by atomic mass is 10.0. The third-order valence-electron chi connectivity index (χ3n) is 9.16. The fourth-order valence-corrected chi connectivity index (χ4v) is 5.75. The zero-order chi connectivity index (χ0) is 37.6. The van der Waals surface area contributed by atoms with Crippen LogP contribution in [0.3, 0.4) is 0 Å². The molecule has 0 aromatic rings. The lowest BCUT2D eigenvalue weighted by molar-refractivity contribution is -0.144. The summed E-state index contributed by atoms with van der Waals surface area (Å²) in [6, 6.07) is 0. The minimum absolute atomic E-state index is 0.00172. The number of carbonyl (C=O) groups is 2. The van der Waals surface area contributed by atoms with Crippen LogP contribution in [0.15, 0.2) is 0 Å². The van der Waals surface area contributed by atoms with Crippen molar-refractivity contribution in [1.82, 2.24) is 0 Å². The molecule has 0 bridgehead atoms. The highest BCUT2D eigenvalue weighted by Crippen LogP contribution is 2.15. The summed E-state index contributed by atoms with van der Waals surface area (Å²) in [5.74, 6) is -0.655. The molecule has 0 aliphatic rings. The second-order valence-electron chi connectivity index (χ2n) is 14.4. The molecule has 7 nitrogen and oxygen atoms in total. The number of hydrogen-bond donors (Lipinski definition) is 4. The van der Waals surface area contributed by atoms with Gasteiger partial charge in [0.2, 0.25) is 0 Å². The van der Waals surface area contributed by atoms with E-state index in [1.54, 1.807) is 0 Å². The van der Waals surface area contributed by atoms with Gasteiger partial charge in [-0.05, 0) is 19.3 Å². The van der Waals surface area contributed by atoms with Crippen LogP contribution in [0.4, 0.5) is 0 Å². The monoisotopic (exact) mass is 717 g/mol. The van der Waals surface area contributed by atoms with Gasteiger partial charge in [-0.1, -0.05) is 207 Å². The average Bonchev–Trinajstić information content (AvgIpc) is 3.11. The first-order chi connectivity index (χ1) is 24.4. The Labute approximate surface area is 311 Å². The van der Waals surface area contributed by atoms with E-state index in [-0.39, 0.29) is 19.2 Å². The molecule has 7 heteroatoms. The normalized spacial score (nSPS) is 10.8. The lowest BCUT2D eigenvalue weighted by Gasteiger charge is -2.04. The van der Waals surface area contributed by atoms with Crippen LogP contribution < -0.4 is 0 Å². The molecule has 0 saturated carbocycles. The van der Waals surface area contributed by atoms with Crippen molar-refractivity contribution in [2.45, 2.75) is 245 Å². The molecule has 0 rings (SSSR count). The first-order valence-electron chi connectivity index (χ1n) is 21.7. The van der Waals surface area contributed by atoms with Crippen molar-refractivity contribution < 1.29 is 34.8 Å². The quantitative estimate of drug-likeness (QED) is 0.0372. The van der Waals surface area contributed by atoms with Gasteiger partial charge in [-0.25, -0.2) is 0 Å². The summed E-state index contributed by atoms with van der Waals surface area (Å²) in [5.41, 5.74) is 0. The standard InChI is InChI=1S/C22H44O2.C18H36O2.C3H8O3/c1-3-5-7-8-9-10-11-12-13-14-15-16-17-18-19-20-22(23)24-21-6-4-2;1-2-3-4-5-6-7-8-9-10-11-12-13-14-15-16-17-18(19)20;4-1-3(6)2-5/h3-21H2,1-2H3;2-17H2,1H3,(H,19,20);3-6H,1-2H2. The van der Waals surface area contributed by atoms with Gasteiger partial charge in [0.05, 0.1) is 19.8 Å². The molecule has 0 aliphatic heterocycles. The molecule has 4 N–H and O–H groups in total. The zero-order valence-electron chi connectivity index (χ0n) is 33.8. The molecule has 0 amide bonds. The Morgan fingerprint density at radius 1 is 0.420 bits per heavy atom. The van der Waals surface area contributed by atoms with Crippen molar-refractivity contribution in [1.29, 1.82) is 0 Å². The molecule has 0 heterocycles. The number of aliphatic hydroxyl groups is 3. The van der Waals surface area contributed by atoms with Crippen LogP contribution in [-0.4, -0.2) is 58.3 Å². The van der Waals surface area contributed by atoms with Gasteiger partial charge in [0.15, 0.2) is 0 Å². The van der Waals surface area contributed by atoms with Crippen molar-refractivity contribution in [2.75, 3.05) is 19.8 Å².